The first-order chi connectivity index (χ1) is 17.9. The van der Waals surface area contributed by atoms with Crippen LogP contribution >= 0.6 is 0 Å². The van der Waals surface area contributed by atoms with Gasteiger partial charge in [0.25, 0.3) is 11.8 Å². The van der Waals surface area contributed by atoms with Gasteiger partial charge < -0.3 is 19.6 Å². The Morgan fingerprint density at radius 3 is 2.59 bits per heavy atom. The molecule has 0 unspecified atom stereocenters. The van der Waals surface area contributed by atoms with E-state index in [4.69, 9.17) is 4.74 Å². The first-order valence-corrected chi connectivity index (χ1v) is 12.3. The number of nitrogens with zero attached hydrogens (tertiary/aromatic N) is 4. The Morgan fingerprint density at radius 1 is 1.19 bits per heavy atom. The molecule has 2 aromatic heterocycles. The van der Waals surface area contributed by atoms with Gasteiger partial charge in [-0.25, -0.2) is 4.98 Å². The molecule has 3 heterocycles. The third-order valence-electron chi connectivity index (χ3n) is 6.54. The van der Waals surface area contributed by atoms with E-state index in [-0.39, 0.29) is 36.3 Å². The van der Waals surface area contributed by atoms with Gasteiger partial charge in [-0.2, -0.15) is 0 Å². The van der Waals surface area contributed by atoms with Gasteiger partial charge in [-0.15, -0.1) is 0 Å². The summed E-state index contributed by atoms with van der Waals surface area (Å²) in [5, 5.41) is 9.87. The minimum atomic E-state index is -0.422. The van der Waals surface area contributed by atoms with E-state index in [2.05, 4.69) is 9.97 Å². The maximum absolute atomic E-state index is 13.6. The van der Waals surface area contributed by atoms with Crippen LogP contribution < -0.4 is 4.74 Å². The summed E-state index contributed by atoms with van der Waals surface area (Å²) in [6.45, 7) is 4.29. The van der Waals surface area contributed by atoms with E-state index in [0.717, 1.165) is 11.1 Å². The highest BCUT2D eigenvalue weighted by Gasteiger charge is 2.34. The van der Waals surface area contributed by atoms with E-state index >= 15 is 0 Å². The van der Waals surface area contributed by atoms with Gasteiger partial charge in [0.2, 0.25) is 5.88 Å². The number of hydrogen-bond acceptors (Lipinski definition) is 6. The molecule has 3 atom stereocenters. The summed E-state index contributed by atoms with van der Waals surface area (Å²) >= 11 is 0. The number of carbonyl (C=O) groups excluding carboxylic acids is 2. The second-order valence-electron chi connectivity index (χ2n) is 9.41. The summed E-state index contributed by atoms with van der Waals surface area (Å²) in [4.78, 5) is 38.3. The molecule has 3 aromatic rings. The topological polar surface area (TPSA) is 95.9 Å². The number of ether oxygens (including phenoxy) is 1. The molecule has 0 saturated carbocycles. The van der Waals surface area contributed by atoms with Crippen molar-refractivity contribution in [2.75, 3.05) is 26.7 Å². The number of fused-ring (bicyclic) bond motifs is 1. The number of carbonyl (C=O) groups is 2. The quantitative estimate of drug-likeness (QED) is 0.532. The molecule has 1 N–H and O–H groups in total. The molecule has 37 heavy (non-hydrogen) atoms. The highest BCUT2D eigenvalue weighted by Crippen LogP contribution is 2.28. The fourth-order valence-electron chi connectivity index (χ4n) is 4.25. The summed E-state index contributed by atoms with van der Waals surface area (Å²) in [5.74, 6) is -0.298. The maximum atomic E-state index is 13.6. The third kappa shape index (κ3) is 6.21. The lowest BCUT2D eigenvalue weighted by molar-refractivity contribution is 0.0313. The molecule has 1 aromatic carbocycles. The predicted molar refractivity (Wildman–Crippen MR) is 142 cm³/mol. The molecule has 1 aliphatic heterocycles. The molecule has 8 heteroatoms. The van der Waals surface area contributed by atoms with Gasteiger partial charge in [0.05, 0.1) is 19.2 Å². The summed E-state index contributed by atoms with van der Waals surface area (Å²) < 4.78 is 6.30. The van der Waals surface area contributed by atoms with E-state index in [1.54, 1.807) is 53.6 Å². The largest absolute Gasteiger partial charge is 0.472 e. The second kappa shape index (κ2) is 11.8. The summed E-state index contributed by atoms with van der Waals surface area (Å²) in [5.41, 5.74) is 2.65. The zero-order valence-corrected chi connectivity index (χ0v) is 21.3. The molecular weight excluding hydrogens is 468 g/mol. The summed E-state index contributed by atoms with van der Waals surface area (Å²) in [6, 6.07) is 14.6. The van der Waals surface area contributed by atoms with Crippen LogP contribution in [0.4, 0.5) is 0 Å². The van der Waals surface area contributed by atoms with Crippen molar-refractivity contribution in [3.05, 3.63) is 89.4 Å². The number of aliphatic hydroxyl groups is 1. The average Bonchev–Trinajstić information content (AvgIpc) is 2.94. The van der Waals surface area contributed by atoms with Crippen LogP contribution in [0.3, 0.4) is 0 Å². The van der Waals surface area contributed by atoms with Crippen molar-refractivity contribution >= 4 is 24.0 Å². The van der Waals surface area contributed by atoms with Crippen LogP contribution in [0.25, 0.3) is 12.2 Å². The lowest BCUT2D eigenvalue weighted by atomic mass is 9.99. The molecule has 0 radical (unpaired) electrons. The average molecular weight is 501 g/mol. The molecule has 2 amide bonds. The summed E-state index contributed by atoms with van der Waals surface area (Å²) in [7, 11) is 1.72. The Labute approximate surface area is 217 Å². The minimum Gasteiger partial charge on any atom is -0.472 e. The monoisotopic (exact) mass is 500 g/mol. The van der Waals surface area contributed by atoms with Gasteiger partial charge in [-0.05, 0) is 36.2 Å². The number of amides is 2. The Kier molecular flexibility index (Phi) is 8.30. The van der Waals surface area contributed by atoms with E-state index in [1.165, 1.54) is 0 Å². The molecule has 192 valence electrons. The van der Waals surface area contributed by atoms with Crippen LogP contribution in [-0.4, -0.2) is 75.6 Å². The van der Waals surface area contributed by atoms with Crippen molar-refractivity contribution in [3.63, 3.8) is 0 Å². The standard InChI is InChI=1S/C29H32N4O4/c1-20-17-33(21(2)19-34)29(36)25-15-23(10-9-22-7-5-4-6-8-22)16-31-27(25)37-26(20)18-32(3)28(35)24-11-13-30-14-12-24/h4-16,20-21,26,34H,17-19H2,1-3H3/b10-9+/t20-,21+,26+/m1/s1. The number of rotatable bonds is 7. The van der Waals surface area contributed by atoms with Gasteiger partial charge in [-0.1, -0.05) is 49.4 Å². The number of aliphatic hydroxyl groups excluding tert-OH is 1. The lowest BCUT2D eigenvalue weighted by Gasteiger charge is -2.37. The molecule has 0 saturated heterocycles. The first-order valence-electron chi connectivity index (χ1n) is 12.3. The molecule has 0 aliphatic carbocycles. The van der Waals surface area contributed by atoms with Crippen LogP contribution in [0.2, 0.25) is 0 Å². The molecule has 4 rings (SSSR count). The fraction of sp³-hybridized carbons (Fsp3) is 0.310. The van der Waals surface area contributed by atoms with Gasteiger partial charge in [0.15, 0.2) is 0 Å². The van der Waals surface area contributed by atoms with E-state index in [1.807, 2.05) is 56.3 Å². The van der Waals surface area contributed by atoms with Crippen LogP contribution in [0.15, 0.2) is 67.1 Å². The first kappa shape index (κ1) is 26.0. The number of likely N-dealkylation sites (N-methyl/N-ethyl adjacent to an activating group) is 1. The Bertz CT molecular complexity index is 1250. The van der Waals surface area contributed by atoms with Crippen molar-refractivity contribution in [2.45, 2.75) is 26.0 Å². The van der Waals surface area contributed by atoms with Crippen molar-refractivity contribution in [1.82, 2.24) is 19.8 Å². The van der Waals surface area contributed by atoms with Crippen LogP contribution in [0, 0.1) is 5.92 Å². The maximum Gasteiger partial charge on any atom is 0.259 e. The molecule has 1 aliphatic rings. The Morgan fingerprint density at radius 2 is 1.89 bits per heavy atom. The Balaban J connectivity index is 1.64. The zero-order chi connectivity index (χ0) is 26.4. The Hall–Kier alpha value is -4.04. The van der Waals surface area contributed by atoms with E-state index in [0.29, 0.717) is 24.2 Å². The fourth-order valence-corrected chi connectivity index (χ4v) is 4.25. The normalized spacial score (nSPS) is 18.5. The van der Waals surface area contributed by atoms with Crippen molar-refractivity contribution in [2.24, 2.45) is 5.92 Å². The van der Waals surface area contributed by atoms with Gasteiger partial charge in [0.1, 0.15) is 11.7 Å². The van der Waals surface area contributed by atoms with Gasteiger partial charge in [-0.3, -0.25) is 14.6 Å². The molecular formula is C29H32N4O4. The van der Waals surface area contributed by atoms with Gasteiger partial charge >= 0.3 is 0 Å². The van der Waals surface area contributed by atoms with E-state index < -0.39 is 6.10 Å². The zero-order valence-electron chi connectivity index (χ0n) is 21.3. The molecule has 8 nitrogen and oxygen atoms in total. The van der Waals surface area contributed by atoms with Crippen LogP contribution in [-0.2, 0) is 0 Å². The van der Waals surface area contributed by atoms with Crippen molar-refractivity contribution in [1.29, 1.82) is 0 Å². The number of hydrogen-bond donors (Lipinski definition) is 1. The smallest absolute Gasteiger partial charge is 0.259 e. The predicted octanol–water partition coefficient (Wildman–Crippen LogP) is 3.64. The molecule has 0 fully saturated rings. The highest BCUT2D eigenvalue weighted by molar-refractivity contribution is 5.97. The van der Waals surface area contributed by atoms with Crippen LogP contribution in [0.1, 0.15) is 45.7 Å². The number of aromatic nitrogens is 2. The number of pyridine rings is 2. The summed E-state index contributed by atoms with van der Waals surface area (Å²) in [6.07, 6.45) is 8.26. The number of benzene rings is 1. The molecule has 0 spiro atoms. The highest BCUT2D eigenvalue weighted by atomic mass is 16.5. The van der Waals surface area contributed by atoms with Crippen molar-refractivity contribution in [3.8, 4) is 5.88 Å². The lowest BCUT2D eigenvalue weighted by Crippen LogP contribution is -2.50. The third-order valence-corrected chi connectivity index (χ3v) is 6.54. The van der Waals surface area contributed by atoms with Crippen LogP contribution in [0.5, 0.6) is 5.88 Å². The van der Waals surface area contributed by atoms with Crippen molar-refractivity contribution < 1.29 is 19.4 Å². The van der Waals surface area contributed by atoms with Gasteiger partial charge in [0, 0.05) is 43.7 Å². The second-order valence-corrected chi connectivity index (χ2v) is 9.41. The molecule has 0 bridgehead atoms. The SMILES string of the molecule is C[C@@H]1CN([C@@H](C)CO)C(=O)c2cc(/C=C/c3ccccc3)cnc2O[C@H]1CN(C)C(=O)c1ccncc1. The van der Waals surface area contributed by atoms with E-state index in [9.17, 15) is 14.7 Å². The minimum absolute atomic E-state index is 0.127.